The second kappa shape index (κ2) is 7.84. The second-order valence-corrected chi connectivity index (χ2v) is 5.32. The SMILES string of the molecule is COC(=O)c1ccc(Cl)c(CN2CCC(N)CC2)c1.Cl. The lowest BCUT2D eigenvalue weighted by molar-refractivity contribution is 0.0600. The third-order valence-corrected chi connectivity index (χ3v) is 3.86. The van der Waals surface area contributed by atoms with Gasteiger partial charge in [0, 0.05) is 17.6 Å². The number of ether oxygens (including phenoxy) is 1. The third kappa shape index (κ3) is 4.35. The summed E-state index contributed by atoms with van der Waals surface area (Å²) in [5, 5.41) is 0.683. The molecule has 0 spiro atoms. The normalized spacial score (nSPS) is 16.6. The number of rotatable bonds is 3. The van der Waals surface area contributed by atoms with Gasteiger partial charge in [0.25, 0.3) is 0 Å². The van der Waals surface area contributed by atoms with Crippen LogP contribution >= 0.6 is 24.0 Å². The van der Waals surface area contributed by atoms with Crippen LogP contribution in [0.1, 0.15) is 28.8 Å². The van der Waals surface area contributed by atoms with Crippen molar-refractivity contribution in [2.24, 2.45) is 5.73 Å². The summed E-state index contributed by atoms with van der Waals surface area (Å²) < 4.78 is 4.72. The number of carbonyl (C=O) groups is 1. The van der Waals surface area contributed by atoms with Gasteiger partial charge in [-0.1, -0.05) is 11.6 Å². The molecule has 1 aliphatic heterocycles. The molecule has 1 aromatic carbocycles. The average molecular weight is 319 g/mol. The number of methoxy groups -OCH3 is 1. The van der Waals surface area contributed by atoms with Crippen LogP contribution in [0.15, 0.2) is 18.2 Å². The van der Waals surface area contributed by atoms with Gasteiger partial charge in [0.05, 0.1) is 12.7 Å². The smallest absolute Gasteiger partial charge is 0.337 e. The van der Waals surface area contributed by atoms with Crippen LogP contribution in [0, 0.1) is 0 Å². The van der Waals surface area contributed by atoms with Gasteiger partial charge in [0.2, 0.25) is 0 Å². The maximum absolute atomic E-state index is 11.5. The molecule has 0 radical (unpaired) electrons. The first kappa shape index (κ1) is 17.2. The number of hydrogen-bond acceptors (Lipinski definition) is 4. The monoisotopic (exact) mass is 318 g/mol. The Morgan fingerprint density at radius 2 is 2.10 bits per heavy atom. The van der Waals surface area contributed by atoms with Crippen LogP contribution in [-0.2, 0) is 11.3 Å². The van der Waals surface area contributed by atoms with Crippen molar-refractivity contribution in [2.45, 2.75) is 25.4 Å². The second-order valence-electron chi connectivity index (χ2n) is 4.91. The van der Waals surface area contributed by atoms with Crippen LogP contribution in [-0.4, -0.2) is 37.1 Å². The van der Waals surface area contributed by atoms with E-state index in [1.54, 1.807) is 12.1 Å². The Morgan fingerprint density at radius 3 is 2.70 bits per heavy atom. The highest BCUT2D eigenvalue weighted by Gasteiger charge is 2.17. The zero-order chi connectivity index (χ0) is 13.8. The summed E-state index contributed by atoms with van der Waals surface area (Å²) in [6.07, 6.45) is 2.02. The summed E-state index contributed by atoms with van der Waals surface area (Å²) in [6.45, 7) is 2.69. The maximum Gasteiger partial charge on any atom is 0.337 e. The van der Waals surface area contributed by atoms with Crippen LogP contribution in [0.4, 0.5) is 0 Å². The number of benzene rings is 1. The van der Waals surface area contributed by atoms with Gasteiger partial charge in [-0.25, -0.2) is 4.79 Å². The zero-order valence-corrected chi connectivity index (χ0v) is 13.0. The number of likely N-dealkylation sites (tertiary alicyclic amines) is 1. The van der Waals surface area contributed by atoms with Crippen molar-refractivity contribution in [1.82, 2.24) is 4.90 Å². The van der Waals surface area contributed by atoms with Crippen LogP contribution < -0.4 is 5.73 Å². The fourth-order valence-electron chi connectivity index (χ4n) is 2.29. The quantitative estimate of drug-likeness (QED) is 0.870. The summed E-state index contributed by atoms with van der Waals surface area (Å²) >= 11 is 6.19. The summed E-state index contributed by atoms with van der Waals surface area (Å²) in [4.78, 5) is 13.8. The largest absolute Gasteiger partial charge is 0.465 e. The Bertz CT molecular complexity index is 460. The van der Waals surface area contributed by atoms with Crippen LogP contribution in [0.25, 0.3) is 0 Å². The summed E-state index contributed by atoms with van der Waals surface area (Å²) in [5.41, 5.74) is 7.38. The van der Waals surface area contributed by atoms with E-state index in [0.717, 1.165) is 38.0 Å². The van der Waals surface area contributed by atoms with E-state index in [0.29, 0.717) is 16.6 Å². The molecule has 0 amide bonds. The lowest BCUT2D eigenvalue weighted by Crippen LogP contribution is -2.39. The Morgan fingerprint density at radius 1 is 1.45 bits per heavy atom. The van der Waals surface area contributed by atoms with Crippen molar-refractivity contribution in [3.05, 3.63) is 34.3 Å². The van der Waals surface area contributed by atoms with E-state index >= 15 is 0 Å². The fourth-order valence-corrected chi connectivity index (χ4v) is 2.47. The Labute approximate surface area is 130 Å². The number of piperidine rings is 1. The molecule has 0 aromatic heterocycles. The molecular formula is C14H20Cl2N2O2. The van der Waals surface area contributed by atoms with Gasteiger partial charge in [-0.2, -0.15) is 0 Å². The van der Waals surface area contributed by atoms with Crippen molar-refractivity contribution in [2.75, 3.05) is 20.2 Å². The number of nitrogens with two attached hydrogens (primary N) is 1. The van der Waals surface area contributed by atoms with Gasteiger partial charge in [0.15, 0.2) is 0 Å². The topological polar surface area (TPSA) is 55.6 Å². The number of carbonyl (C=O) groups excluding carboxylic acids is 1. The Hall–Kier alpha value is -0.810. The molecule has 112 valence electrons. The van der Waals surface area contributed by atoms with Crippen molar-refractivity contribution in [3.8, 4) is 0 Å². The van der Waals surface area contributed by atoms with E-state index in [1.807, 2.05) is 6.07 Å². The number of hydrogen-bond donors (Lipinski definition) is 1. The highest BCUT2D eigenvalue weighted by Crippen LogP contribution is 2.21. The molecule has 6 heteroatoms. The van der Waals surface area contributed by atoms with Crippen LogP contribution in [0.5, 0.6) is 0 Å². The molecule has 2 rings (SSSR count). The predicted molar refractivity (Wildman–Crippen MR) is 82.5 cm³/mol. The predicted octanol–water partition coefficient (Wildman–Crippen LogP) is 2.47. The van der Waals surface area contributed by atoms with E-state index in [2.05, 4.69) is 4.90 Å². The summed E-state index contributed by atoms with van der Waals surface area (Å²) in [5.74, 6) is -0.335. The molecule has 1 aromatic rings. The lowest BCUT2D eigenvalue weighted by atomic mass is 10.0. The molecule has 0 saturated carbocycles. The van der Waals surface area contributed by atoms with Crippen molar-refractivity contribution < 1.29 is 9.53 Å². The van der Waals surface area contributed by atoms with Gasteiger partial charge in [-0.3, -0.25) is 4.90 Å². The van der Waals surface area contributed by atoms with Gasteiger partial charge < -0.3 is 10.5 Å². The molecule has 1 heterocycles. The van der Waals surface area contributed by atoms with Gasteiger partial charge in [-0.15, -0.1) is 12.4 Å². The first-order chi connectivity index (χ1) is 9.10. The highest BCUT2D eigenvalue weighted by atomic mass is 35.5. The van der Waals surface area contributed by atoms with Crippen molar-refractivity contribution >= 4 is 30.0 Å². The third-order valence-electron chi connectivity index (χ3n) is 3.49. The summed E-state index contributed by atoms with van der Waals surface area (Å²) in [6, 6.07) is 5.55. The molecule has 20 heavy (non-hydrogen) atoms. The van der Waals surface area contributed by atoms with Crippen molar-refractivity contribution in [3.63, 3.8) is 0 Å². The minimum atomic E-state index is -0.335. The molecule has 0 aliphatic carbocycles. The van der Waals surface area contributed by atoms with Crippen molar-refractivity contribution in [1.29, 1.82) is 0 Å². The van der Waals surface area contributed by atoms with Crippen LogP contribution in [0.3, 0.4) is 0 Å². The lowest BCUT2D eigenvalue weighted by Gasteiger charge is -2.30. The van der Waals surface area contributed by atoms with E-state index in [9.17, 15) is 4.79 Å². The van der Waals surface area contributed by atoms with Crippen LogP contribution in [0.2, 0.25) is 5.02 Å². The number of esters is 1. The molecule has 0 bridgehead atoms. The minimum absolute atomic E-state index is 0. The molecular weight excluding hydrogens is 299 g/mol. The standard InChI is InChI=1S/C14H19ClN2O2.ClH/c1-19-14(18)10-2-3-13(15)11(8-10)9-17-6-4-12(16)5-7-17;/h2-3,8,12H,4-7,9,16H2,1H3;1H. The Balaban J connectivity index is 0.00000200. The van der Waals surface area contributed by atoms with E-state index < -0.39 is 0 Å². The molecule has 4 nitrogen and oxygen atoms in total. The molecule has 0 unspecified atom stereocenters. The van der Waals surface area contributed by atoms with E-state index in [-0.39, 0.29) is 18.4 Å². The fraction of sp³-hybridized carbons (Fsp3) is 0.500. The van der Waals surface area contributed by atoms with Gasteiger partial charge in [0.1, 0.15) is 0 Å². The highest BCUT2D eigenvalue weighted by molar-refractivity contribution is 6.31. The number of nitrogens with zero attached hydrogens (tertiary/aromatic N) is 1. The molecule has 1 saturated heterocycles. The molecule has 1 aliphatic rings. The maximum atomic E-state index is 11.5. The zero-order valence-electron chi connectivity index (χ0n) is 11.5. The number of halogens is 2. The Kier molecular flexibility index (Phi) is 6.76. The van der Waals surface area contributed by atoms with E-state index in [1.165, 1.54) is 7.11 Å². The minimum Gasteiger partial charge on any atom is -0.465 e. The average Bonchev–Trinajstić information content (AvgIpc) is 2.43. The molecule has 1 fully saturated rings. The molecule has 0 atom stereocenters. The summed E-state index contributed by atoms with van der Waals surface area (Å²) in [7, 11) is 1.38. The van der Waals surface area contributed by atoms with E-state index in [4.69, 9.17) is 22.1 Å². The van der Waals surface area contributed by atoms with Gasteiger partial charge in [-0.05, 0) is 49.7 Å². The molecule has 2 N–H and O–H groups in total. The van der Waals surface area contributed by atoms with Gasteiger partial charge >= 0.3 is 5.97 Å². The first-order valence-corrected chi connectivity index (χ1v) is 6.82. The first-order valence-electron chi connectivity index (χ1n) is 6.45.